The lowest BCUT2D eigenvalue weighted by molar-refractivity contribution is -0.263. The third kappa shape index (κ3) is 17.6. The number of primary amides is 1. The summed E-state index contributed by atoms with van der Waals surface area (Å²) >= 11 is 0. The molecule has 0 aliphatic carbocycles. The Labute approximate surface area is 262 Å². The number of rotatable bonds is 32. The fraction of sp³-hybridized carbons (Fsp3) is 0.973. The molecule has 0 fully saturated rings. The fourth-order valence-electron chi connectivity index (χ4n) is 7.03. The summed E-state index contributed by atoms with van der Waals surface area (Å²) in [5.74, 6) is -3.47. The second-order valence-electron chi connectivity index (χ2n) is 13.5. The minimum atomic E-state index is -2.23. The van der Waals surface area contributed by atoms with Crippen LogP contribution in [0.3, 0.4) is 0 Å². The van der Waals surface area contributed by atoms with E-state index in [0.29, 0.717) is 19.3 Å². The molecule has 1 amide bonds. The van der Waals surface area contributed by atoms with Crippen LogP contribution in [0.5, 0.6) is 0 Å². The van der Waals surface area contributed by atoms with E-state index in [1.54, 1.807) is 13.8 Å². The first-order valence-electron chi connectivity index (χ1n) is 18.6. The predicted octanol–water partition coefficient (Wildman–Crippen LogP) is 10.1. The van der Waals surface area contributed by atoms with Crippen LogP contribution in [0.1, 0.15) is 207 Å². The molecule has 5 heteroatoms. The van der Waals surface area contributed by atoms with Crippen molar-refractivity contribution in [2.45, 2.75) is 219 Å². The van der Waals surface area contributed by atoms with Gasteiger partial charge in [0.05, 0.1) is 6.10 Å². The van der Waals surface area contributed by atoms with Gasteiger partial charge in [-0.15, -0.1) is 0 Å². The molecule has 0 saturated heterocycles. The van der Waals surface area contributed by atoms with Crippen molar-refractivity contribution < 1.29 is 20.1 Å². The van der Waals surface area contributed by atoms with Crippen molar-refractivity contribution in [2.75, 3.05) is 0 Å². The Kier molecular flexibility index (Phi) is 26.3. The van der Waals surface area contributed by atoms with Crippen LogP contribution < -0.4 is 5.73 Å². The van der Waals surface area contributed by atoms with E-state index in [1.165, 1.54) is 122 Å². The van der Waals surface area contributed by atoms with E-state index in [9.17, 15) is 20.1 Å². The second-order valence-corrected chi connectivity index (χ2v) is 13.5. The highest BCUT2D eigenvalue weighted by Crippen LogP contribution is 2.47. The topological polar surface area (TPSA) is 104 Å². The summed E-state index contributed by atoms with van der Waals surface area (Å²) in [6.45, 7) is 7.88. The quantitative estimate of drug-likeness (QED) is 0.0457. The molecule has 3 atom stereocenters. The number of aliphatic hydroxyl groups is 3. The molecule has 0 spiro atoms. The minimum absolute atomic E-state index is 0.00994. The molecule has 0 bridgehead atoms. The first-order chi connectivity index (χ1) is 20.2. The monoisotopic (exact) mass is 598 g/mol. The molecule has 0 aromatic carbocycles. The standard InChI is InChI=1S/C37H75NO4/c1-5-8-10-12-14-16-18-19-20-22-24-26-28-30-32-36(35(38)40,37(41,42)7-3)34(33(4)39)31-29-27-25-23-21-17-15-13-11-9-6-2/h33-34,39,41-42H,5-32H2,1-4H3,(H2,38,40). The van der Waals surface area contributed by atoms with Crippen molar-refractivity contribution in [3.8, 4) is 0 Å². The van der Waals surface area contributed by atoms with Gasteiger partial charge in [0.15, 0.2) is 5.79 Å². The average Bonchev–Trinajstić information content (AvgIpc) is 2.96. The minimum Gasteiger partial charge on any atom is -0.393 e. The third-order valence-electron chi connectivity index (χ3n) is 9.91. The zero-order chi connectivity index (χ0) is 31.5. The molecule has 5 nitrogen and oxygen atoms in total. The summed E-state index contributed by atoms with van der Waals surface area (Å²) in [7, 11) is 0. The molecule has 3 unspecified atom stereocenters. The van der Waals surface area contributed by atoms with Crippen molar-refractivity contribution in [3.05, 3.63) is 0 Å². The molecule has 252 valence electrons. The van der Waals surface area contributed by atoms with Gasteiger partial charge in [0.25, 0.3) is 0 Å². The van der Waals surface area contributed by atoms with Gasteiger partial charge in [-0.05, 0) is 26.2 Å². The van der Waals surface area contributed by atoms with E-state index in [0.717, 1.165) is 32.1 Å². The van der Waals surface area contributed by atoms with Crippen molar-refractivity contribution in [1.82, 2.24) is 0 Å². The van der Waals surface area contributed by atoms with Gasteiger partial charge in [0, 0.05) is 5.92 Å². The van der Waals surface area contributed by atoms with Crippen LogP contribution in [0.4, 0.5) is 0 Å². The van der Waals surface area contributed by atoms with E-state index in [-0.39, 0.29) is 6.42 Å². The second kappa shape index (κ2) is 26.7. The van der Waals surface area contributed by atoms with Crippen molar-refractivity contribution in [2.24, 2.45) is 17.1 Å². The van der Waals surface area contributed by atoms with Gasteiger partial charge in [-0.2, -0.15) is 0 Å². The van der Waals surface area contributed by atoms with Crippen molar-refractivity contribution in [1.29, 1.82) is 0 Å². The van der Waals surface area contributed by atoms with Crippen LogP contribution >= 0.6 is 0 Å². The molecule has 0 rings (SSSR count). The Morgan fingerprint density at radius 2 is 0.881 bits per heavy atom. The highest BCUT2D eigenvalue weighted by Gasteiger charge is 2.58. The first kappa shape index (κ1) is 41.4. The summed E-state index contributed by atoms with van der Waals surface area (Å²) in [5.41, 5.74) is 4.45. The molecule has 0 heterocycles. The SMILES string of the molecule is CCCCCCCCCCCCCCCCC(C(N)=O)(C(CCCCCCCCCCCCC)C(C)O)C(O)(O)CC. The highest BCUT2D eigenvalue weighted by molar-refractivity contribution is 5.82. The number of aliphatic hydroxyl groups excluding tert-OH is 1. The van der Waals surface area contributed by atoms with E-state index in [1.807, 2.05) is 0 Å². The zero-order valence-electron chi connectivity index (χ0n) is 28.8. The molecule has 0 aliphatic heterocycles. The Hall–Kier alpha value is -0.650. The number of hydrogen-bond donors (Lipinski definition) is 4. The molecule has 5 N–H and O–H groups in total. The third-order valence-corrected chi connectivity index (χ3v) is 9.91. The van der Waals surface area contributed by atoms with Crippen LogP contribution in [0, 0.1) is 11.3 Å². The lowest BCUT2D eigenvalue weighted by Crippen LogP contribution is -2.61. The number of unbranched alkanes of at least 4 members (excludes halogenated alkanes) is 23. The lowest BCUT2D eigenvalue weighted by Gasteiger charge is -2.47. The Bertz CT molecular complexity index is 609. The molecule has 0 aliphatic rings. The Morgan fingerprint density at radius 3 is 1.17 bits per heavy atom. The number of carbonyl (C=O) groups is 1. The van der Waals surface area contributed by atoms with Gasteiger partial charge in [0.2, 0.25) is 5.91 Å². The lowest BCUT2D eigenvalue weighted by atomic mass is 9.61. The molecule has 0 aromatic heterocycles. The van der Waals surface area contributed by atoms with Gasteiger partial charge in [-0.1, -0.05) is 181 Å². The summed E-state index contributed by atoms with van der Waals surface area (Å²) in [6, 6.07) is 0. The smallest absolute Gasteiger partial charge is 0.229 e. The van der Waals surface area contributed by atoms with E-state index in [4.69, 9.17) is 5.73 Å². The summed E-state index contributed by atoms with van der Waals surface area (Å²) in [4.78, 5) is 13.0. The van der Waals surface area contributed by atoms with E-state index in [2.05, 4.69) is 13.8 Å². The van der Waals surface area contributed by atoms with Gasteiger partial charge in [-0.3, -0.25) is 4.79 Å². The predicted molar refractivity (Wildman–Crippen MR) is 180 cm³/mol. The fourth-order valence-corrected chi connectivity index (χ4v) is 7.03. The van der Waals surface area contributed by atoms with Gasteiger partial charge in [0.1, 0.15) is 5.41 Å². The van der Waals surface area contributed by atoms with Crippen LogP contribution in [0.2, 0.25) is 0 Å². The summed E-state index contributed by atoms with van der Waals surface area (Å²) < 4.78 is 0. The maximum Gasteiger partial charge on any atom is 0.229 e. The van der Waals surface area contributed by atoms with Crippen LogP contribution in [-0.2, 0) is 4.79 Å². The maximum atomic E-state index is 13.0. The van der Waals surface area contributed by atoms with Gasteiger partial charge in [-0.25, -0.2) is 0 Å². The summed E-state index contributed by atoms with van der Waals surface area (Å²) in [5, 5.41) is 33.1. The first-order valence-corrected chi connectivity index (χ1v) is 18.6. The molecular weight excluding hydrogens is 522 g/mol. The molecule has 0 radical (unpaired) electrons. The number of nitrogens with two attached hydrogens (primary N) is 1. The zero-order valence-corrected chi connectivity index (χ0v) is 28.8. The average molecular weight is 598 g/mol. The summed E-state index contributed by atoms with van der Waals surface area (Å²) in [6.07, 6.45) is 30.9. The Balaban J connectivity index is 4.62. The maximum absolute atomic E-state index is 13.0. The largest absolute Gasteiger partial charge is 0.393 e. The van der Waals surface area contributed by atoms with Crippen LogP contribution in [0.15, 0.2) is 0 Å². The molecular formula is C37H75NO4. The van der Waals surface area contributed by atoms with Crippen LogP contribution in [-0.4, -0.2) is 33.1 Å². The van der Waals surface area contributed by atoms with E-state index < -0.39 is 29.1 Å². The van der Waals surface area contributed by atoms with E-state index >= 15 is 0 Å². The normalized spacial score (nSPS) is 15.0. The van der Waals surface area contributed by atoms with Gasteiger partial charge >= 0.3 is 0 Å². The number of hydrogen-bond acceptors (Lipinski definition) is 4. The molecule has 0 saturated carbocycles. The number of amides is 1. The number of carbonyl (C=O) groups excluding carboxylic acids is 1. The molecule has 0 aromatic rings. The van der Waals surface area contributed by atoms with Gasteiger partial charge < -0.3 is 21.1 Å². The molecule has 42 heavy (non-hydrogen) atoms. The van der Waals surface area contributed by atoms with Crippen molar-refractivity contribution >= 4 is 5.91 Å². The van der Waals surface area contributed by atoms with Crippen LogP contribution in [0.25, 0.3) is 0 Å². The highest BCUT2D eigenvalue weighted by atomic mass is 16.5. The Morgan fingerprint density at radius 1 is 0.571 bits per heavy atom. The van der Waals surface area contributed by atoms with Crippen molar-refractivity contribution in [3.63, 3.8) is 0 Å².